The normalized spacial score (nSPS) is 10.9. The van der Waals surface area contributed by atoms with Gasteiger partial charge < -0.3 is 15.1 Å². The van der Waals surface area contributed by atoms with Crippen molar-refractivity contribution in [3.05, 3.63) is 34.1 Å². The Kier molecular flexibility index (Phi) is 12.0. The molecular weight excluding hydrogens is 502 g/mol. The molecule has 1 aromatic carbocycles. The molecule has 1 amide bonds. The fraction of sp³-hybridized carbons (Fsp3) is 0.529. The lowest BCUT2D eigenvalue weighted by Gasteiger charge is -2.25. The van der Waals surface area contributed by atoms with Crippen molar-refractivity contribution in [1.82, 2.24) is 15.1 Å². The summed E-state index contributed by atoms with van der Waals surface area (Å²) in [6, 6.07) is 4.94. The van der Waals surface area contributed by atoms with Crippen molar-refractivity contribution in [1.29, 1.82) is 0 Å². The summed E-state index contributed by atoms with van der Waals surface area (Å²) in [5.41, 5.74) is 0.773. The Labute approximate surface area is 175 Å². The molecule has 0 spiro atoms. The maximum absolute atomic E-state index is 13.6. The summed E-state index contributed by atoms with van der Waals surface area (Å²) >= 11 is 3.14. The fourth-order valence-electron chi connectivity index (χ4n) is 2.23. The first-order valence-electron chi connectivity index (χ1n) is 8.14. The molecule has 1 rings (SSSR count). The van der Waals surface area contributed by atoms with Crippen LogP contribution in [-0.4, -0.2) is 54.9 Å². The van der Waals surface area contributed by atoms with E-state index >= 15 is 0 Å². The lowest BCUT2D eigenvalue weighted by Crippen LogP contribution is -2.45. The van der Waals surface area contributed by atoms with Gasteiger partial charge in [-0.15, -0.1) is 24.0 Å². The van der Waals surface area contributed by atoms with E-state index in [0.717, 1.165) is 5.56 Å². The van der Waals surface area contributed by atoms with E-state index in [4.69, 9.17) is 0 Å². The van der Waals surface area contributed by atoms with Gasteiger partial charge in [-0.25, -0.2) is 9.38 Å². The first kappa shape index (κ1) is 24.1. The molecule has 0 atom stereocenters. The number of hydrogen-bond acceptors (Lipinski definition) is 2. The van der Waals surface area contributed by atoms with Gasteiger partial charge in [0.1, 0.15) is 5.82 Å². The molecule has 5 nitrogen and oxygen atoms in total. The third-order valence-electron chi connectivity index (χ3n) is 3.58. The van der Waals surface area contributed by atoms with Crippen LogP contribution in [0.5, 0.6) is 0 Å². The molecular formula is C17H27BrFIN4O. The van der Waals surface area contributed by atoms with Gasteiger partial charge in [0, 0.05) is 26.7 Å². The lowest BCUT2D eigenvalue weighted by molar-refractivity contribution is -0.131. The van der Waals surface area contributed by atoms with Gasteiger partial charge in [0.05, 0.1) is 17.6 Å². The van der Waals surface area contributed by atoms with E-state index in [1.807, 2.05) is 33.9 Å². The zero-order chi connectivity index (χ0) is 18.1. The zero-order valence-electron chi connectivity index (χ0n) is 15.2. The van der Waals surface area contributed by atoms with Crippen LogP contribution in [0.2, 0.25) is 0 Å². The van der Waals surface area contributed by atoms with Crippen molar-refractivity contribution in [2.75, 3.05) is 33.2 Å². The average molecular weight is 529 g/mol. The number of guanidine groups is 1. The summed E-state index contributed by atoms with van der Waals surface area (Å²) in [4.78, 5) is 20.3. The van der Waals surface area contributed by atoms with E-state index in [2.05, 4.69) is 26.2 Å². The monoisotopic (exact) mass is 528 g/mol. The van der Waals surface area contributed by atoms with Gasteiger partial charge in [0.25, 0.3) is 0 Å². The average Bonchev–Trinajstić information content (AvgIpc) is 2.55. The second-order valence-corrected chi connectivity index (χ2v) is 6.20. The van der Waals surface area contributed by atoms with Gasteiger partial charge >= 0.3 is 0 Å². The maximum Gasteiger partial charge on any atom is 0.242 e. The smallest absolute Gasteiger partial charge is 0.242 e. The number of rotatable bonds is 7. The summed E-state index contributed by atoms with van der Waals surface area (Å²) in [7, 11) is 1.82. The Bertz CT molecular complexity index is 582. The van der Waals surface area contributed by atoms with Crippen LogP contribution in [0.4, 0.5) is 4.39 Å². The van der Waals surface area contributed by atoms with Crippen LogP contribution in [0.15, 0.2) is 27.7 Å². The molecule has 0 heterocycles. The number of nitrogens with zero attached hydrogens (tertiary/aromatic N) is 3. The van der Waals surface area contributed by atoms with E-state index in [0.29, 0.717) is 36.6 Å². The van der Waals surface area contributed by atoms with Crippen LogP contribution in [0.1, 0.15) is 26.3 Å². The van der Waals surface area contributed by atoms with Crippen molar-refractivity contribution in [3.8, 4) is 0 Å². The third kappa shape index (κ3) is 7.89. The number of nitrogens with one attached hydrogen (secondary N) is 1. The molecule has 0 fully saturated rings. The second kappa shape index (κ2) is 12.5. The van der Waals surface area contributed by atoms with Gasteiger partial charge in [0.15, 0.2) is 5.96 Å². The summed E-state index contributed by atoms with van der Waals surface area (Å²) < 4.78 is 14.0. The lowest BCUT2D eigenvalue weighted by atomic mass is 10.2. The SMILES string of the molecule is CCNC(=NCc1ccc(Br)c(F)c1)N(C)CC(=O)N(CC)CC.I. The number of halogens is 3. The molecule has 25 heavy (non-hydrogen) atoms. The molecule has 0 aliphatic heterocycles. The number of aliphatic imine (C=N–C) groups is 1. The number of likely N-dealkylation sites (N-methyl/N-ethyl adjacent to an activating group) is 2. The van der Waals surface area contributed by atoms with Gasteiger partial charge in [-0.1, -0.05) is 6.07 Å². The predicted molar refractivity (Wildman–Crippen MR) is 115 cm³/mol. The van der Waals surface area contributed by atoms with Gasteiger partial charge in [-0.3, -0.25) is 4.79 Å². The Morgan fingerprint density at radius 3 is 2.44 bits per heavy atom. The number of hydrogen-bond donors (Lipinski definition) is 1. The highest BCUT2D eigenvalue weighted by molar-refractivity contribution is 14.0. The minimum absolute atomic E-state index is 0. The highest BCUT2D eigenvalue weighted by Crippen LogP contribution is 2.16. The molecule has 0 aliphatic rings. The highest BCUT2D eigenvalue weighted by Gasteiger charge is 2.15. The van der Waals surface area contributed by atoms with Crippen molar-refractivity contribution in [3.63, 3.8) is 0 Å². The minimum atomic E-state index is -0.308. The van der Waals surface area contributed by atoms with Crippen LogP contribution >= 0.6 is 39.9 Å². The van der Waals surface area contributed by atoms with Crippen molar-refractivity contribution in [2.24, 2.45) is 4.99 Å². The van der Waals surface area contributed by atoms with Crippen molar-refractivity contribution >= 4 is 51.8 Å². The molecule has 1 N–H and O–H groups in total. The molecule has 8 heteroatoms. The third-order valence-corrected chi connectivity index (χ3v) is 4.22. The largest absolute Gasteiger partial charge is 0.357 e. The Morgan fingerprint density at radius 2 is 1.92 bits per heavy atom. The standard InChI is InChI=1S/C17H26BrFN4O.HI/c1-5-20-17(22(4)12-16(24)23(6-2)7-3)21-11-13-8-9-14(18)15(19)10-13;/h8-10H,5-7,11-12H2,1-4H3,(H,20,21);1H. The van der Waals surface area contributed by atoms with Gasteiger partial charge in [-0.05, 0) is 54.4 Å². The number of amides is 1. The Morgan fingerprint density at radius 1 is 1.28 bits per heavy atom. The molecule has 0 saturated carbocycles. The fourth-order valence-corrected chi connectivity index (χ4v) is 2.47. The van der Waals surface area contributed by atoms with Crippen molar-refractivity contribution < 1.29 is 9.18 Å². The second-order valence-electron chi connectivity index (χ2n) is 5.34. The quantitative estimate of drug-likeness (QED) is 0.335. The zero-order valence-corrected chi connectivity index (χ0v) is 19.1. The molecule has 0 aliphatic carbocycles. The van der Waals surface area contributed by atoms with Gasteiger partial charge in [-0.2, -0.15) is 0 Å². The van der Waals surface area contributed by atoms with Gasteiger partial charge in [0.2, 0.25) is 5.91 Å². The Hall–Kier alpha value is -0.900. The first-order valence-corrected chi connectivity index (χ1v) is 8.93. The molecule has 0 bridgehead atoms. The predicted octanol–water partition coefficient (Wildman–Crippen LogP) is 3.47. The number of carbonyl (C=O) groups excluding carboxylic acids is 1. The molecule has 142 valence electrons. The topological polar surface area (TPSA) is 47.9 Å². The first-order chi connectivity index (χ1) is 11.4. The van der Waals surface area contributed by atoms with E-state index < -0.39 is 0 Å². The van der Waals surface area contributed by atoms with Crippen LogP contribution in [0, 0.1) is 5.82 Å². The van der Waals surface area contributed by atoms with Crippen LogP contribution in [0.25, 0.3) is 0 Å². The van der Waals surface area contributed by atoms with E-state index in [1.54, 1.807) is 15.9 Å². The van der Waals surface area contributed by atoms with Crippen molar-refractivity contribution in [2.45, 2.75) is 27.3 Å². The minimum Gasteiger partial charge on any atom is -0.357 e. The maximum atomic E-state index is 13.6. The van der Waals surface area contributed by atoms with Crippen LogP contribution in [0.3, 0.4) is 0 Å². The molecule has 0 radical (unpaired) electrons. The van der Waals surface area contributed by atoms with E-state index in [-0.39, 0.29) is 42.2 Å². The van der Waals surface area contributed by atoms with E-state index in [9.17, 15) is 9.18 Å². The summed E-state index contributed by atoms with van der Waals surface area (Å²) in [5, 5.41) is 3.16. The number of benzene rings is 1. The molecule has 0 aromatic heterocycles. The Balaban J connectivity index is 0.00000576. The molecule has 0 unspecified atom stereocenters. The van der Waals surface area contributed by atoms with Crippen LogP contribution < -0.4 is 5.32 Å². The molecule has 0 saturated heterocycles. The number of carbonyl (C=O) groups is 1. The van der Waals surface area contributed by atoms with E-state index in [1.165, 1.54) is 6.07 Å². The molecule has 1 aromatic rings. The highest BCUT2D eigenvalue weighted by atomic mass is 127. The van der Waals surface area contributed by atoms with Crippen LogP contribution in [-0.2, 0) is 11.3 Å². The summed E-state index contributed by atoms with van der Waals surface area (Å²) in [5.74, 6) is 0.377. The summed E-state index contributed by atoms with van der Waals surface area (Å²) in [6.07, 6.45) is 0. The summed E-state index contributed by atoms with van der Waals surface area (Å²) in [6.45, 7) is 8.56.